The maximum absolute atomic E-state index is 14.3. The molecule has 3 aromatic rings. The third-order valence-corrected chi connectivity index (χ3v) is 7.99. The lowest BCUT2D eigenvalue weighted by Crippen LogP contribution is -2.50. The van der Waals surface area contributed by atoms with Crippen molar-refractivity contribution in [1.29, 1.82) is 0 Å². The number of aromatic nitrogens is 3. The van der Waals surface area contributed by atoms with Crippen molar-refractivity contribution in [2.45, 2.75) is 50.8 Å². The zero-order valence-electron chi connectivity index (χ0n) is 21.4. The van der Waals surface area contributed by atoms with Gasteiger partial charge in [-0.3, -0.25) is 14.1 Å². The van der Waals surface area contributed by atoms with E-state index in [9.17, 15) is 31.2 Å². The van der Waals surface area contributed by atoms with Crippen molar-refractivity contribution < 1.29 is 35.9 Å². The van der Waals surface area contributed by atoms with E-state index >= 15 is 0 Å². The molecule has 1 aliphatic heterocycles. The Morgan fingerprint density at radius 2 is 1.98 bits per heavy atom. The van der Waals surface area contributed by atoms with Gasteiger partial charge in [-0.25, -0.2) is 22.3 Å². The van der Waals surface area contributed by atoms with Gasteiger partial charge < -0.3 is 15.4 Å². The first kappa shape index (κ1) is 29.1. The molecule has 0 radical (unpaired) electrons. The number of halogens is 4. The predicted molar refractivity (Wildman–Crippen MR) is 139 cm³/mol. The molecule has 0 bridgehead atoms. The number of aryl methyl sites for hydroxylation is 1. The molecule has 2 amide bonds. The SMILES string of the molecule is Cc1nn(C(F)F)cc1S(=O)(=O)N1CC(NC(=O)OC(C)C)Cc2ncc(NC(=O)c3c(F)cccc3Cl)cc21. The largest absolute Gasteiger partial charge is 0.447 e. The molecule has 0 fully saturated rings. The number of pyridine rings is 1. The molecule has 0 aliphatic carbocycles. The summed E-state index contributed by atoms with van der Waals surface area (Å²) in [5.41, 5.74) is -0.367. The molecule has 0 saturated heterocycles. The highest BCUT2D eigenvalue weighted by molar-refractivity contribution is 7.92. The Morgan fingerprint density at radius 1 is 1.25 bits per heavy atom. The smallest absolute Gasteiger partial charge is 0.407 e. The normalized spacial score (nSPS) is 15.2. The molecule has 1 aromatic carbocycles. The number of nitrogens with zero attached hydrogens (tertiary/aromatic N) is 4. The Labute approximate surface area is 232 Å². The minimum absolute atomic E-state index is 0.00824. The average molecular weight is 601 g/mol. The second kappa shape index (κ2) is 11.3. The lowest BCUT2D eigenvalue weighted by atomic mass is 10.0. The average Bonchev–Trinajstić information content (AvgIpc) is 3.26. The highest BCUT2D eigenvalue weighted by Crippen LogP contribution is 2.34. The number of alkyl carbamates (subject to hydrolysis) is 1. The standard InChI is InChI=1S/C24H24ClF3N6O5S/c1-12(2)39-24(36)31-15-7-18-19(34(10-15)40(37,38)20-11-33(23(27)28)32-13(20)3)8-14(9-29-18)30-22(35)21-16(25)5-4-6-17(21)26/h4-6,8-9,11-12,15,23H,7,10H2,1-3H3,(H,30,35)(H,31,36). The van der Waals surface area contributed by atoms with Gasteiger partial charge in [-0.05, 0) is 39.0 Å². The number of rotatable bonds is 7. The van der Waals surface area contributed by atoms with Gasteiger partial charge in [-0.15, -0.1) is 0 Å². The summed E-state index contributed by atoms with van der Waals surface area (Å²) in [5.74, 6) is -1.77. The third kappa shape index (κ3) is 5.99. The lowest BCUT2D eigenvalue weighted by molar-refractivity contribution is 0.0561. The van der Waals surface area contributed by atoms with E-state index < -0.39 is 57.0 Å². The number of carbonyl (C=O) groups is 2. The molecule has 11 nitrogen and oxygen atoms in total. The Kier molecular flexibility index (Phi) is 8.25. The van der Waals surface area contributed by atoms with Crippen LogP contribution in [0.3, 0.4) is 0 Å². The van der Waals surface area contributed by atoms with Gasteiger partial charge >= 0.3 is 12.6 Å². The van der Waals surface area contributed by atoms with E-state index in [1.165, 1.54) is 31.3 Å². The zero-order chi connectivity index (χ0) is 29.4. The molecule has 1 aliphatic rings. The van der Waals surface area contributed by atoms with Crippen molar-refractivity contribution in [1.82, 2.24) is 20.1 Å². The number of carbonyl (C=O) groups excluding carboxylic acids is 2. The Bertz CT molecular complexity index is 1550. The molecule has 4 rings (SSSR count). The molecule has 214 valence electrons. The van der Waals surface area contributed by atoms with Gasteiger partial charge in [0.2, 0.25) is 0 Å². The summed E-state index contributed by atoms with van der Waals surface area (Å²) in [5, 5.41) is 8.48. The molecule has 0 spiro atoms. The second-order valence-corrected chi connectivity index (χ2v) is 11.4. The summed E-state index contributed by atoms with van der Waals surface area (Å²) in [6.07, 6.45) is 0.791. The number of hydrogen-bond acceptors (Lipinski definition) is 7. The van der Waals surface area contributed by atoms with E-state index in [1.54, 1.807) is 13.8 Å². The molecule has 2 N–H and O–H groups in total. The van der Waals surface area contributed by atoms with E-state index in [4.69, 9.17) is 16.3 Å². The van der Waals surface area contributed by atoms with Crippen molar-refractivity contribution in [2.24, 2.45) is 0 Å². The van der Waals surface area contributed by atoms with Crippen molar-refractivity contribution in [3.63, 3.8) is 0 Å². The van der Waals surface area contributed by atoms with Crippen LogP contribution in [0.5, 0.6) is 0 Å². The Balaban J connectivity index is 1.74. The molecule has 40 heavy (non-hydrogen) atoms. The van der Waals surface area contributed by atoms with E-state index in [-0.39, 0.29) is 45.4 Å². The van der Waals surface area contributed by atoms with Crippen LogP contribution < -0.4 is 14.9 Å². The van der Waals surface area contributed by atoms with Gasteiger partial charge in [0, 0.05) is 6.42 Å². The van der Waals surface area contributed by atoms with Gasteiger partial charge in [0.1, 0.15) is 10.7 Å². The molecule has 2 aromatic heterocycles. The van der Waals surface area contributed by atoms with E-state index in [0.717, 1.165) is 10.4 Å². The van der Waals surface area contributed by atoms with Gasteiger partial charge in [-0.2, -0.15) is 13.9 Å². The van der Waals surface area contributed by atoms with Crippen molar-refractivity contribution in [2.75, 3.05) is 16.2 Å². The fourth-order valence-electron chi connectivity index (χ4n) is 4.10. The van der Waals surface area contributed by atoms with Gasteiger partial charge in [-0.1, -0.05) is 17.7 Å². The van der Waals surface area contributed by atoms with Crippen LogP contribution in [-0.4, -0.2) is 53.9 Å². The number of alkyl halides is 2. The number of sulfonamides is 1. The summed E-state index contributed by atoms with van der Waals surface area (Å²) in [4.78, 5) is 28.8. The molecule has 16 heteroatoms. The van der Waals surface area contributed by atoms with Crippen LogP contribution in [0.1, 0.15) is 42.1 Å². The zero-order valence-corrected chi connectivity index (χ0v) is 22.9. The molecule has 1 atom stereocenters. The molecule has 1 unspecified atom stereocenters. The lowest BCUT2D eigenvalue weighted by Gasteiger charge is -2.35. The van der Waals surface area contributed by atoms with Gasteiger partial charge in [0.05, 0.1) is 64.4 Å². The quantitative estimate of drug-likeness (QED) is 0.413. The Hall–Kier alpha value is -3.85. The van der Waals surface area contributed by atoms with Crippen LogP contribution in [0.25, 0.3) is 0 Å². The first-order chi connectivity index (χ1) is 18.8. The van der Waals surface area contributed by atoms with Crippen molar-refractivity contribution in [3.8, 4) is 0 Å². The number of nitrogens with one attached hydrogen (secondary N) is 2. The molecular weight excluding hydrogens is 577 g/mol. The first-order valence-electron chi connectivity index (χ1n) is 11.9. The summed E-state index contributed by atoms with van der Waals surface area (Å²) >= 11 is 5.97. The third-order valence-electron chi connectivity index (χ3n) is 5.79. The molecule has 0 saturated carbocycles. The summed E-state index contributed by atoms with van der Waals surface area (Å²) in [7, 11) is -4.53. The topological polar surface area (TPSA) is 136 Å². The van der Waals surface area contributed by atoms with E-state index in [1.807, 2.05) is 0 Å². The van der Waals surface area contributed by atoms with E-state index in [2.05, 4.69) is 20.7 Å². The minimum atomic E-state index is -4.53. The minimum Gasteiger partial charge on any atom is -0.447 e. The highest BCUT2D eigenvalue weighted by Gasteiger charge is 2.37. The Morgan fingerprint density at radius 3 is 2.60 bits per heavy atom. The summed E-state index contributed by atoms with van der Waals surface area (Å²) in [6.45, 7) is 1.15. The van der Waals surface area contributed by atoms with Crippen LogP contribution >= 0.6 is 11.6 Å². The first-order valence-corrected chi connectivity index (χ1v) is 13.7. The number of anilines is 2. The number of hydrogen-bond donors (Lipinski definition) is 2. The van der Waals surface area contributed by atoms with Crippen LogP contribution in [0.2, 0.25) is 5.02 Å². The van der Waals surface area contributed by atoms with Crippen molar-refractivity contribution in [3.05, 3.63) is 64.5 Å². The number of benzene rings is 1. The predicted octanol–water partition coefficient (Wildman–Crippen LogP) is 4.28. The van der Waals surface area contributed by atoms with Gasteiger partial charge in [0.15, 0.2) is 0 Å². The van der Waals surface area contributed by atoms with Crippen LogP contribution in [-0.2, 0) is 21.2 Å². The fraction of sp³-hybridized carbons (Fsp3) is 0.333. The maximum atomic E-state index is 14.3. The number of amides is 2. The van der Waals surface area contributed by atoms with Crippen molar-refractivity contribution >= 4 is 45.0 Å². The maximum Gasteiger partial charge on any atom is 0.407 e. The van der Waals surface area contributed by atoms with E-state index in [0.29, 0.717) is 6.20 Å². The van der Waals surface area contributed by atoms with Crippen LogP contribution in [0, 0.1) is 12.7 Å². The molecular formula is C24H24ClF3N6O5S. The number of fused-ring (bicyclic) bond motifs is 1. The summed E-state index contributed by atoms with van der Waals surface area (Å²) in [6, 6.07) is 4.21. The molecule has 3 heterocycles. The van der Waals surface area contributed by atoms with Gasteiger partial charge in [0.25, 0.3) is 15.9 Å². The van der Waals surface area contributed by atoms with Crippen LogP contribution in [0.4, 0.5) is 29.3 Å². The number of ether oxygens (including phenoxy) is 1. The monoisotopic (exact) mass is 600 g/mol. The van der Waals surface area contributed by atoms with Crippen LogP contribution in [0.15, 0.2) is 41.6 Å². The fourth-order valence-corrected chi connectivity index (χ4v) is 6.04. The summed E-state index contributed by atoms with van der Waals surface area (Å²) < 4.78 is 74.5. The highest BCUT2D eigenvalue weighted by atomic mass is 35.5. The second-order valence-electron chi connectivity index (χ2n) is 9.11.